The molecule has 0 bridgehead atoms. The Kier molecular flexibility index (Phi) is 3.99. The predicted molar refractivity (Wildman–Crippen MR) is 62.8 cm³/mol. The molecule has 0 aromatic heterocycles. The zero-order valence-electron chi connectivity index (χ0n) is 9.26. The SMILES string of the molecule is FC(F)(F)Sc1ccc(CNCC2CC2)cc1. The maximum Gasteiger partial charge on any atom is 0.446 e. The van der Waals surface area contributed by atoms with Crippen LogP contribution in [-0.4, -0.2) is 12.1 Å². The molecule has 1 fully saturated rings. The molecule has 1 saturated carbocycles. The fourth-order valence-corrected chi connectivity index (χ4v) is 2.09. The van der Waals surface area contributed by atoms with E-state index >= 15 is 0 Å². The summed E-state index contributed by atoms with van der Waals surface area (Å²) in [4.78, 5) is 0.239. The number of benzene rings is 1. The smallest absolute Gasteiger partial charge is 0.312 e. The van der Waals surface area contributed by atoms with Gasteiger partial charge >= 0.3 is 5.51 Å². The number of hydrogen-bond acceptors (Lipinski definition) is 2. The molecule has 0 spiro atoms. The molecule has 1 aromatic carbocycles. The summed E-state index contributed by atoms with van der Waals surface area (Å²) in [5, 5.41) is 3.30. The van der Waals surface area contributed by atoms with Gasteiger partial charge in [-0.15, -0.1) is 0 Å². The number of halogens is 3. The van der Waals surface area contributed by atoms with E-state index < -0.39 is 5.51 Å². The van der Waals surface area contributed by atoms with Crippen LogP contribution in [0.1, 0.15) is 18.4 Å². The lowest BCUT2D eigenvalue weighted by Gasteiger charge is -2.07. The van der Waals surface area contributed by atoms with E-state index in [1.54, 1.807) is 12.1 Å². The van der Waals surface area contributed by atoms with Crippen LogP contribution in [0.25, 0.3) is 0 Å². The van der Waals surface area contributed by atoms with Gasteiger partial charge in [-0.2, -0.15) is 13.2 Å². The van der Waals surface area contributed by atoms with E-state index in [2.05, 4.69) is 5.32 Å². The predicted octanol–water partition coefficient (Wildman–Crippen LogP) is 3.80. The van der Waals surface area contributed by atoms with Crippen molar-refractivity contribution in [3.63, 3.8) is 0 Å². The summed E-state index contributed by atoms with van der Waals surface area (Å²) in [6.45, 7) is 1.74. The van der Waals surface area contributed by atoms with Gasteiger partial charge in [-0.05, 0) is 54.8 Å². The van der Waals surface area contributed by atoms with Crippen molar-refractivity contribution in [2.24, 2.45) is 5.92 Å². The first kappa shape index (κ1) is 12.8. The average Bonchev–Trinajstić information content (AvgIpc) is 3.02. The van der Waals surface area contributed by atoms with E-state index in [0.717, 1.165) is 24.6 Å². The molecule has 0 unspecified atom stereocenters. The highest BCUT2D eigenvalue weighted by Crippen LogP contribution is 2.36. The largest absolute Gasteiger partial charge is 0.446 e. The van der Waals surface area contributed by atoms with Gasteiger partial charge in [-0.1, -0.05) is 12.1 Å². The van der Waals surface area contributed by atoms with Crippen molar-refractivity contribution in [1.29, 1.82) is 0 Å². The van der Waals surface area contributed by atoms with Crippen molar-refractivity contribution < 1.29 is 13.2 Å². The molecule has 2 rings (SSSR count). The van der Waals surface area contributed by atoms with Crippen LogP contribution in [0, 0.1) is 5.92 Å². The van der Waals surface area contributed by atoms with Crippen molar-refractivity contribution in [3.05, 3.63) is 29.8 Å². The van der Waals surface area contributed by atoms with Crippen molar-refractivity contribution in [2.45, 2.75) is 29.8 Å². The molecule has 0 saturated heterocycles. The van der Waals surface area contributed by atoms with Crippen molar-refractivity contribution >= 4 is 11.8 Å². The van der Waals surface area contributed by atoms with E-state index in [4.69, 9.17) is 0 Å². The maximum absolute atomic E-state index is 12.1. The average molecular weight is 261 g/mol. The quantitative estimate of drug-likeness (QED) is 0.809. The van der Waals surface area contributed by atoms with E-state index in [1.165, 1.54) is 25.0 Å². The Hall–Kier alpha value is -0.680. The lowest BCUT2D eigenvalue weighted by Crippen LogP contribution is -2.15. The Labute approximate surface area is 103 Å². The number of alkyl halides is 3. The van der Waals surface area contributed by atoms with Gasteiger partial charge in [0.15, 0.2) is 0 Å². The highest BCUT2D eigenvalue weighted by Gasteiger charge is 2.28. The molecular formula is C12H14F3NS. The molecule has 1 nitrogen and oxygen atoms in total. The molecule has 0 radical (unpaired) electrons. The molecule has 1 aliphatic carbocycles. The van der Waals surface area contributed by atoms with Crippen LogP contribution in [0.2, 0.25) is 0 Å². The summed E-state index contributed by atoms with van der Waals surface area (Å²) < 4.78 is 36.3. The number of rotatable bonds is 5. The number of thioether (sulfide) groups is 1. The van der Waals surface area contributed by atoms with Crippen LogP contribution in [0.4, 0.5) is 13.2 Å². The summed E-state index contributed by atoms with van der Waals surface area (Å²) in [5.74, 6) is 0.815. The van der Waals surface area contributed by atoms with E-state index in [9.17, 15) is 13.2 Å². The third-order valence-electron chi connectivity index (χ3n) is 2.62. The summed E-state index contributed by atoms with van der Waals surface area (Å²) in [5.41, 5.74) is -3.18. The Bertz CT molecular complexity index is 357. The Morgan fingerprint density at radius 3 is 2.35 bits per heavy atom. The van der Waals surface area contributed by atoms with Gasteiger partial charge in [0.05, 0.1) is 0 Å². The molecule has 1 aliphatic rings. The molecule has 0 aliphatic heterocycles. The van der Waals surface area contributed by atoms with Gasteiger partial charge in [-0.25, -0.2) is 0 Å². The minimum Gasteiger partial charge on any atom is -0.312 e. The first-order chi connectivity index (χ1) is 8.03. The third kappa shape index (κ3) is 5.00. The second-order valence-electron chi connectivity index (χ2n) is 4.27. The van der Waals surface area contributed by atoms with Gasteiger partial charge < -0.3 is 5.32 Å². The topological polar surface area (TPSA) is 12.0 Å². The third-order valence-corrected chi connectivity index (χ3v) is 3.36. The Balaban J connectivity index is 1.79. The minimum atomic E-state index is -4.20. The second-order valence-corrected chi connectivity index (χ2v) is 5.40. The Morgan fingerprint density at radius 1 is 1.18 bits per heavy atom. The molecule has 1 aromatic rings. The lowest BCUT2D eigenvalue weighted by molar-refractivity contribution is -0.0328. The second kappa shape index (κ2) is 5.31. The van der Waals surface area contributed by atoms with E-state index in [-0.39, 0.29) is 16.7 Å². The highest BCUT2D eigenvalue weighted by molar-refractivity contribution is 8.00. The normalized spacial score (nSPS) is 16.2. The highest BCUT2D eigenvalue weighted by atomic mass is 32.2. The lowest BCUT2D eigenvalue weighted by atomic mass is 10.2. The molecular weight excluding hydrogens is 247 g/mol. The van der Waals surface area contributed by atoms with Gasteiger partial charge in [0.25, 0.3) is 0 Å². The van der Waals surface area contributed by atoms with Crippen LogP contribution in [0.5, 0.6) is 0 Å². The van der Waals surface area contributed by atoms with Crippen molar-refractivity contribution in [2.75, 3.05) is 6.54 Å². The summed E-state index contributed by atoms with van der Waals surface area (Å²) in [7, 11) is 0. The van der Waals surface area contributed by atoms with Crippen LogP contribution >= 0.6 is 11.8 Å². The zero-order valence-corrected chi connectivity index (χ0v) is 10.1. The zero-order chi connectivity index (χ0) is 12.3. The maximum atomic E-state index is 12.1. The first-order valence-electron chi connectivity index (χ1n) is 5.58. The molecule has 17 heavy (non-hydrogen) atoms. The van der Waals surface area contributed by atoms with Crippen LogP contribution < -0.4 is 5.32 Å². The fraction of sp³-hybridized carbons (Fsp3) is 0.500. The van der Waals surface area contributed by atoms with Crippen LogP contribution in [0.3, 0.4) is 0 Å². The molecule has 1 N–H and O–H groups in total. The number of hydrogen-bond donors (Lipinski definition) is 1. The summed E-state index contributed by atoms with van der Waals surface area (Å²) in [6, 6.07) is 6.53. The molecule has 0 atom stereocenters. The van der Waals surface area contributed by atoms with Crippen molar-refractivity contribution in [3.8, 4) is 0 Å². The monoisotopic (exact) mass is 261 g/mol. The molecule has 5 heteroatoms. The fourth-order valence-electron chi connectivity index (χ4n) is 1.55. The first-order valence-corrected chi connectivity index (χ1v) is 6.40. The number of nitrogens with one attached hydrogen (secondary N) is 1. The molecule has 0 heterocycles. The van der Waals surface area contributed by atoms with E-state index in [0.29, 0.717) is 0 Å². The van der Waals surface area contributed by atoms with E-state index in [1.807, 2.05) is 0 Å². The molecule has 94 valence electrons. The summed E-state index contributed by atoms with van der Waals surface area (Å²) in [6.07, 6.45) is 2.60. The minimum absolute atomic E-state index is 0.0722. The van der Waals surface area contributed by atoms with Crippen LogP contribution in [-0.2, 0) is 6.54 Å². The van der Waals surface area contributed by atoms with Gasteiger partial charge in [-0.3, -0.25) is 0 Å². The van der Waals surface area contributed by atoms with Gasteiger partial charge in [0, 0.05) is 11.4 Å². The Morgan fingerprint density at radius 2 is 1.82 bits per heavy atom. The molecule has 0 amide bonds. The van der Waals surface area contributed by atoms with Crippen LogP contribution in [0.15, 0.2) is 29.2 Å². The summed E-state index contributed by atoms with van der Waals surface area (Å²) >= 11 is -0.0722. The van der Waals surface area contributed by atoms with Gasteiger partial charge in [0.2, 0.25) is 0 Å². The van der Waals surface area contributed by atoms with Crippen molar-refractivity contribution in [1.82, 2.24) is 5.32 Å². The standard InChI is InChI=1S/C12H14F3NS/c13-12(14,15)17-11-5-3-10(4-6-11)8-16-7-9-1-2-9/h3-6,9,16H,1-2,7-8H2. The van der Waals surface area contributed by atoms with Gasteiger partial charge in [0.1, 0.15) is 0 Å².